The zero-order chi connectivity index (χ0) is 22.5. The second-order valence-corrected chi connectivity index (χ2v) is 10.3. The van der Waals surface area contributed by atoms with E-state index in [0.717, 1.165) is 19.9 Å². The van der Waals surface area contributed by atoms with E-state index < -0.39 is 10.2 Å². The number of para-hydroxylation sites is 1. The highest BCUT2D eigenvalue weighted by Crippen LogP contribution is 2.30. The Kier molecular flexibility index (Phi) is 7.49. The number of benzene rings is 2. The fourth-order valence-electron chi connectivity index (χ4n) is 2.84. The Morgan fingerprint density at radius 3 is 2.17 bits per heavy atom. The van der Waals surface area contributed by atoms with Crippen LogP contribution in [0.5, 0.6) is 5.75 Å². The molecule has 7 nitrogen and oxygen atoms in total. The summed E-state index contributed by atoms with van der Waals surface area (Å²) >= 11 is 0. The number of carbonyl (C=O) groups is 1. The summed E-state index contributed by atoms with van der Waals surface area (Å²) in [4.78, 5) is 12.4. The van der Waals surface area contributed by atoms with Gasteiger partial charge in [-0.15, -0.1) is 0 Å². The molecule has 0 aliphatic carbocycles. The first-order valence-electron chi connectivity index (χ1n) is 9.71. The van der Waals surface area contributed by atoms with Crippen molar-refractivity contribution >= 4 is 21.8 Å². The standard InChI is InChI=1S/C22H31N3O4S/c1-22(2,3)19-9-7-8-10-20(19)29-16-15-23-21(26)17-11-13-18(14-12-17)25(6)30(27,28)24(4)5/h7-14H,15-16H2,1-6H3,(H,23,26). The number of hydrogen-bond donors (Lipinski definition) is 1. The molecular formula is C22H31N3O4S. The third kappa shape index (κ3) is 5.73. The smallest absolute Gasteiger partial charge is 0.303 e. The summed E-state index contributed by atoms with van der Waals surface area (Å²) < 4.78 is 32.5. The molecule has 0 bridgehead atoms. The first kappa shape index (κ1) is 23.7. The lowest BCUT2D eigenvalue weighted by molar-refractivity contribution is 0.0947. The molecule has 1 amide bonds. The van der Waals surface area contributed by atoms with Crippen LogP contribution in [0.25, 0.3) is 0 Å². The molecule has 30 heavy (non-hydrogen) atoms. The van der Waals surface area contributed by atoms with Gasteiger partial charge in [0.1, 0.15) is 12.4 Å². The number of ether oxygens (including phenoxy) is 1. The fraction of sp³-hybridized carbons (Fsp3) is 0.409. The Labute approximate surface area is 179 Å². The van der Waals surface area contributed by atoms with Gasteiger partial charge in [0.15, 0.2) is 0 Å². The minimum Gasteiger partial charge on any atom is -0.491 e. The first-order chi connectivity index (χ1) is 13.9. The van der Waals surface area contributed by atoms with Crippen LogP contribution in [0.1, 0.15) is 36.7 Å². The lowest BCUT2D eigenvalue weighted by atomic mass is 9.86. The van der Waals surface area contributed by atoms with Gasteiger partial charge >= 0.3 is 10.2 Å². The normalized spacial score (nSPS) is 12.0. The van der Waals surface area contributed by atoms with E-state index in [1.807, 2.05) is 24.3 Å². The van der Waals surface area contributed by atoms with Crippen molar-refractivity contribution in [1.82, 2.24) is 9.62 Å². The van der Waals surface area contributed by atoms with Gasteiger partial charge in [0.05, 0.1) is 12.2 Å². The van der Waals surface area contributed by atoms with Gasteiger partial charge in [-0.3, -0.25) is 9.10 Å². The summed E-state index contributed by atoms with van der Waals surface area (Å²) in [5, 5.41) is 2.82. The van der Waals surface area contributed by atoms with Crippen molar-refractivity contribution in [2.24, 2.45) is 0 Å². The quantitative estimate of drug-likeness (QED) is 0.649. The summed E-state index contributed by atoms with van der Waals surface area (Å²) in [5.41, 5.74) is 2.00. The molecule has 2 aromatic rings. The molecule has 0 heterocycles. The van der Waals surface area contributed by atoms with Gasteiger partial charge in [-0.25, -0.2) is 0 Å². The van der Waals surface area contributed by atoms with Crippen LogP contribution in [0.15, 0.2) is 48.5 Å². The molecule has 0 fully saturated rings. The van der Waals surface area contributed by atoms with Crippen LogP contribution in [0.4, 0.5) is 5.69 Å². The van der Waals surface area contributed by atoms with Crippen LogP contribution in [0.3, 0.4) is 0 Å². The second-order valence-electron chi connectivity index (χ2n) is 8.16. The SMILES string of the molecule is CN(C)S(=O)(=O)N(C)c1ccc(C(=O)NCCOc2ccccc2C(C)(C)C)cc1. The second kappa shape index (κ2) is 9.49. The van der Waals surface area contributed by atoms with Crippen molar-refractivity contribution in [3.63, 3.8) is 0 Å². The summed E-state index contributed by atoms with van der Waals surface area (Å²) in [7, 11) is 0.834. The van der Waals surface area contributed by atoms with Gasteiger partial charge < -0.3 is 10.1 Å². The molecule has 0 aliphatic heterocycles. The van der Waals surface area contributed by atoms with Crippen LogP contribution < -0.4 is 14.4 Å². The van der Waals surface area contributed by atoms with Gasteiger partial charge in [-0.05, 0) is 41.3 Å². The maximum Gasteiger partial charge on any atom is 0.303 e. The average molecular weight is 434 g/mol. The van der Waals surface area contributed by atoms with Crippen molar-refractivity contribution < 1.29 is 17.9 Å². The molecule has 2 rings (SSSR count). The molecule has 0 aromatic heterocycles. The average Bonchev–Trinajstić information content (AvgIpc) is 2.70. The summed E-state index contributed by atoms with van der Waals surface area (Å²) in [6.45, 7) is 7.08. The minimum absolute atomic E-state index is 0.0329. The summed E-state index contributed by atoms with van der Waals surface area (Å²) in [6, 6.07) is 14.3. The third-order valence-electron chi connectivity index (χ3n) is 4.64. The van der Waals surface area contributed by atoms with E-state index in [2.05, 4.69) is 26.1 Å². The lowest BCUT2D eigenvalue weighted by Crippen LogP contribution is -2.37. The van der Waals surface area contributed by atoms with Crippen LogP contribution in [0.2, 0.25) is 0 Å². The van der Waals surface area contributed by atoms with Crippen molar-refractivity contribution in [1.29, 1.82) is 0 Å². The van der Waals surface area contributed by atoms with E-state index >= 15 is 0 Å². The van der Waals surface area contributed by atoms with Crippen LogP contribution >= 0.6 is 0 Å². The molecule has 164 valence electrons. The molecule has 0 atom stereocenters. The predicted octanol–water partition coefficient (Wildman–Crippen LogP) is 3.04. The maximum atomic E-state index is 12.4. The van der Waals surface area contributed by atoms with E-state index in [9.17, 15) is 13.2 Å². The maximum absolute atomic E-state index is 12.4. The van der Waals surface area contributed by atoms with Crippen LogP contribution in [0, 0.1) is 0 Å². The van der Waals surface area contributed by atoms with Gasteiger partial charge in [0.25, 0.3) is 5.91 Å². The van der Waals surface area contributed by atoms with Gasteiger partial charge in [-0.1, -0.05) is 39.0 Å². The van der Waals surface area contributed by atoms with E-state index in [1.165, 1.54) is 21.1 Å². The highest BCUT2D eigenvalue weighted by molar-refractivity contribution is 7.90. The van der Waals surface area contributed by atoms with Gasteiger partial charge in [0.2, 0.25) is 0 Å². The van der Waals surface area contributed by atoms with E-state index in [-0.39, 0.29) is 11.3 Å². The number of amides is 1. The van der Waals surface area contributed by atoms with Crippen molar-refractivity contribution in [2.75, 3.05) is 38.6 Å². The van der Waals surface area contributed by atoms with Crippen molar-refractivity contribution in [2.45, 2.75) is 26.2 Å². The molecule has 0 unspecified atom stereocenters. The van der Waals surface area contributed by atoms with Crippen molar-refractivity contribution in [3.8, 4) is 5.75 Å². The van der Waals surface area contributed by atoms with Crippen molar-refractivity contribution in [3.05, 3.63) is 59.7 Å². The number of carbonyl (C=O) groups excluding carboxylic acids is 1. The number of anilines is 1. The van der Waals surface area contributed by atoms with Gasteiger partial charge in [-0.2, -0.15) is 12.7 Å². The largest absolute Gasteiger partial charge is 0.491 e. The van der Waals surface area contributed by atoms with Crippen LogP contribution in [-0.4, -0.2) is 52.9 Å². The van der Waals surface area contributed by atoms with E-state index in [0.29, 0.717) is 24.4 Å². The fourth-order valence-corrected chi connectivity index (χ4v) is 3.72. The Hall–Kier alpha value is -2.58. The number of nitrogens with zero attached hydrogens (tertiary/aromatic N) is 2. The lowest BCUT2D eigenvalue weighted by Gasteiger charge is -2.23. The first-order valence-corrected chi connectivity index (χ1v) is 11.1. The zero-order valence-corrected chi connectivity index (χ0v) is 19.3. The third-order valence-corrected chi connectivity index (χ3v) is 6.47. The molecule has 2 aromatic carbocycles. The molecule has 1 N–H and O–H groups in total. The number of nitrogens with one attached hydrogen (secondary N) is 1. The van der Waals surface area contributed by atoms with Crippen LogP contribution in [-0.2, 0) is 15.6 Å². The highest BCUT2D eigenvalue weighted by Gasteiger charge is 2.21. The monoisotopic (exact) mass is 433 g/mol. The molecule has 0 saturated heterocycles. The number of rotatable bonds is 8. The van der Waals surface area contributed by atoms with E-state index in [4.69, 9.17) is 4.74 Å². The summed E-state index contributed by atoms with van der Waals surface area (Å²) in [6.07, 6.45) is 0. The number of hydrogen-bond acceptors (Lipinski definition) is 4. The Morgan fingerprint density at radius 1 is 1.00 bits per heavy atom. The molecule has 0 radical (unpaired) electrons. The van der Waals surface area contributed by atoms with Gasteiger partial charge in [0, 0.05) is 26.7 Å². The molecule has 0 spiro atoms. The Morgan fingerprint density at radius 2 is 1.60 bits per heavy atom. The molecule has 0 saturated carbocycles. The molecule has 8 heteroatoms. The topological polar surface area (TPSA) is 79.0 Å². The Balaban J connectivity index is 1.92. The Bertz CT molecular complexity index is 965. The predicted molar refractivity (Wildman–Crippen MR) is 120 cm³/mol. The highest BCUT2D eigenvalue weighted by atomic mass is 32.2. The van der Waals surface area contributed by atoms with E-state index in [1.54, 1.807) is 24.3 Å². The minimum atomic E-state index is -3.57. The summed E-state index contributed by atoms with van der Waals surface area (Å²) in [5.74, 6) is 0.570. The molecular weight excluding hydrogens is 402 g/mol. The molecule has 0 aliphatic rings. The zero-order valence-electron chi connectivity index (χ0n) is 18.5.